The Balaban J connectivity index is 1.19. The zero-order valence-electron chi connectivity index (χ0n) is 29.2. The molecule has 0 aliphatic heterocycles. The molecule has 0 N–H and O–H groups in total. The summed E-state index contributed by atoms with van der Waals surface area (Å²) >= 11 is 0. The highest BCUT2D eigenvalue weighted by molar-refractivity contribution is 6.17. The Morgan fingerprint density at radius 3 is 1.88 bits per heavy atom. The Morgan fingerprint density at radius 1 is 0.577 bits per heavy atom. The maximum Gasteiger partial charge on any atom is 0.163 e. The Morgan fingerprint density at radius 2 is 1.19 bits per heavy atom. The van der Waals surface area contributed by atoms with Crippen molar-refractivity contribution in [2.45, 2.75) is 31.6 Å². The average molecular weight is 669 g/mol. The fourth-order valence-corrected chi connectivity index (χ4v) is 8.39. The molecule has 2 heterocycles. The lowest BCUT2D eigenvalue weighted by Crippen LogP contribution is -2.15. The van der Waals surface area contributed by atoms with Crippen molar-refractivity contribution in [2.75, 3.05) is 0 Å². The summed E-state index contributed by atoms with van der Waals surface area (Å²) in [5, 5.41) is 2.52. The monoisotopic (exact) mass is 668 g/mol. The first-order chi connectivity index (χ1) is 25.5. The molecule has 0 spiro atoms. The maximum absolute atomic E-state index is 5.14. The number of allylic oxidation sites excluding steroid dienone is 4. The molecule has 0 saturated carbocycles. The van der Waals surface area contributed by atoms with Crippen LogP contribution in [0.15, 0.2) is 164 Å². The van der Waals surface area contributed by atoms with Crippen LogP contribution < -0.4 is 0 Å². The lowest BCUT2D eigenvalue weighted by Gasteiger charge is -2.23. The number of hydrogen-bond donors (Lipinski definition) is 0. The molecular formula is C48H36N4. The van der Waals surface area contributed by atoms with Gasteiger partial charge >= 0.3 is 0 Å². The van der Waals surface area contributed by atoms with E-state index < -0.39 is 0 Å². The normalized spacial score (nSPS) is 15.8. The van der Waals surface area contributed by atoms with Crippen molar-refractivity contribution in [2.24, 2.45) is 0 Å². The highest BCUT2D eigenvalue weighted by Crippen LogP contribution is 2.53. The number of benzene rings is 6. The minimum absolute atomic E-state index is 0.0433. The van der Waals surface area contributed by atoms with Gasteiger partial charge in [0.25, 0.3) is 0 Å². The van der Waals surface area contributed by atoms with Crippen molar-refractivity contribution in [3.8, 4) is 45.0 Å². The van der Waals surface area contributed by atoms with Crippen molar-refractivity contribution in [3.63, 3.8) is 0 Å². The molecule has 2 aliphatic rings. The van der Waals surface area contributed by atoms with Crippen LogP contribution in [0, 0.1) is 0 Å². The second kappa shape index (κ2) is 11.9. The summed E-state index contributed by atoms with van der Waals surface area (Å²) in [7, 11) is 0. The van der Waals surface area contributed by atoms with Gasteiger partial charge in [0.1, 0.15) is 5.82 Å². The van der Waals surface area contributed by atoms with Crippen LogP contribution >= 0.6 is 0 Å². The first-order valence-corrected chi connectivity index (χ1v) is 18.1. The fourth-order valence-electron chi connectivity index (χ4n) is 8.39. The lowest BCUT2D eigenvalue weighted by molar-refractivity contribution is 0.661. The second-order valence-electron chi connectivity index (χ2n) is 14.4. The third-order valence-corrected chi connectivity index (χ3v) is 11.0. The Bertz CT molecular complexity index is 2660. The SMILES string of the molecule is CC1(C)c2ccccc2-c2c1ccc1c3ccc(-c4ccccc4)cc3n(C3=CC=CC(c4nc(-c5ccccc5)nc(-c5ccccc5)n4)C3)c21. The summed E-state index contributed by atoms with van der Waals surface area (Å²) in [6, 6.07) is 51.8. The molecule has 52 heavy (non-hydrogen) atoms. The summed E-state index contributed by atoms with van der Waals surface area (Å²) in [5.41, 5.74) is 13.4. The van der Waals surface area contributed by atoms with E-state index >= 15 is 0 Å². The maximum atomic E-state index is 5.14. The van der Waals surface area contributed by atoms with E-state index in [2.05, 4.69) is 146 Å². The minimum atomic E-state index is -0.105. The Kier molecular flexibility index (Phi) is 6.94. The van der Waals surface area contributed by atoms with Crippen LogP contribution in [0.3, 0.4) is 0 Å². The Hall–Kier alpha value is -6.39. The predicted molar refractivity (Wildman–Crippen MR) is 214 cm³/mol. The quantitative estimate of drug-likeness (QED) is 0.183. The summed E-state index contributed by atoms with van der Waals surface area (Å²) in [6.07, 6.45) is 7.46. The molecule has 6 aromatic carbocycles. The zero-order chi connectivity index (χ0) is 34.8. The fraction of sp³-hybridized carbons (Fsp3) is 0.104. The van der Waals surface area contributed by atoms with Gasteiger partial charge < -0.3 is 4.57 Å². The molecule has 4 nitrogen and oxygen atoms in total. The highest BCUT2D eigenvalue weighted by Gasteiger charge is 2.38. The number of hydrogen-bond acceptors (Lipinski definition) is 3. The summed E-state index contributed by atoms with van der Waals surface area (Å²) < 4.78 is 2.54. The van der Waals surface area contributed by atoms with E-state index in [0.717, 1.165) is 23.4 Å². The van der Waals surface area contributed by atoms with Crippen LogP contribution in [0.2, 0.25) is 0 Å². The smallest absolute Gasteiger partial charge is 0.163 e. The van der Waals surface area contributed by atoms with Crippen LogP contribution in [-0.4, -0.2) is 19.5 Å². The summed E-state index contributed by atoms with van der Waals surface area (Å²) in [4.78, 5) is 15.3. The predicted octanol–water partition coefficient (Wildman–Crippen LogP) is 11.9. The number of nitrogens with zero attached hydrogens (tertiary/aromatic N) is 4. The van der Waals surface area contributed by atoms with Crippen molar-refractivity contribution in [3.05, 3.63) is 181 Å². The molecule has 0 amide bonds. The van der Waals surface area contributed by atoms with E-state index in [4.69, 9.17) is 15.0 Å². The molecule has 8 aromatic rings. The Labute approximate surface area is 303 Å². The van der Waals surface area contributed by atoms with Gasteiger partial charge in [-0.15, -0.1) is 0 Å². The van der Waals surface area contributed by atoms with E-state index in [-0.39, 0.29) is 11.3 Å². The number of aromatic nitrogens is 4. The van der Waals surface area contributed by atoms with Gasteiger partial charge in [-0.05, 0) is 40.0 Å². The number of fused-ring (bicyclic) bond motifs is 7. The van der Waals surface area contributed by atoms with Crippen molar-refractivity contribution in [1.82, 2.24) is 19.5 Å². The summed E-state index contributed by atoms with van der Waals surface area (Å²) in [6.45, 7) is 4.72. The van der Waals surface area contributed by atoms with Crippen molar-refractivity contribution >= 4 is 27.5 Å². The standard InChI is InChI=1S/C48H36N4/c1-48(2)40-24-13-12-23-39(40)43-41(48)28-27-38-37-26-25-34(31-15-6-3-7-16-31)30-42(37)52(44(38)43)36-22-14-21-35(29-36)47-50-45(32-17-8-4-9-18-32)49-46(51-47)33-19-10-5-11-20-33/h3-28,30,35H,29H2,1-2H3. The van der Waals surface area contributed by atoms with Crippen LogP contribution in [0.5, 0.6) is 0 Å². The summed E-state index contributed by atoms with van der Waals surface area (Å²) in [5.74, 6) is 2.11. The zero-order valence-corrected chi connectivity index (χ0v) is 29.2. The topological polar surface area (TPSA) is 43.6 Å². The second-order valence-corrected chi connectivity index (χ2v) is 14.4. The highest BCUT2D eigenvalue weighted by atomic mass is 15.0. The van der Waals surface area contributed by atoms with E-state index in [0.29, 0.717) is 11.6 Å². The first kappa shape index (κ1) is 30.4. The van der Waals surface area contributed by atoms with Gasteiger partial charge in [0.15, 0.2) is 11.6 Å². The molecule has 0 saturated heterocycles. The largest absolute Gasteiger partial charge is 0.312 e. The van der Waals surface area contributed by atoms with Crippen LogP contribution in [-0.2, 0) is 5.41 Å². The minimum Gasteiger partial charge on any atom is -0.312 e. The third-order valence-electron chi connectivity index (χ3n) is 11.0. The number of rotatable bonds is 5. The lowest BCUT2D eigenvalue weighted by atomic mass is 9.82. The third kappa shape index (κ3) is 4.79. The molecule has 248 valence electrons. The van der Waals surface area contributed by atoms with E-state index in [1.807, 2.05) is 36.4 Å². The molecule has 2 aliphatic carbocycles. The molecule has 0 radical (unpaired) electrons. The van der Waals surface area contributed by atoms with Gasteiger partial charge in [0.2, 0.25) is 0 Å². The van der Waals surface area contributed by atoms with Gasteiger partial charge in [0.05, 0.1) is 11.0 Å². The molecule has 2 aromatic heterocycles. The molecule has 4 heteroatoms. The van der Waals surface area contributed by atoms with Crippen LogP contribution in [0.4, 0.5) is 0 Å². The van der Waals surface area contributed by atoms with Crippen LogP contribution in [0.25, 0.3) is 72.5 Å². The average Bonchev–Trinajstić information content (AvgIpc) is 3.67. The molecule has 0 bridgehead atoms. The molecular weight excluding hydrogens is 633 g/mol. The van der Waals surface area contributed by atoms with Gasteiger partial charge in [-0.1, -0.05) is 166 Å². The molecule has 1 atom stereocenters. The molecule has 1 unspecified atom stereocenters. The van der Waals surface area contributed by atoms with Gasteiger partial charge in [-0.25, -0.2) is 15.0 Å². The van der Waals surface area contributed by atoms with Gasteiger partial charge in [-0.2, -0.15) is 0 Å². The molecule has 10 rings (SSSR count). The molecule has 0 fully saturated rings. The van der Waals surface area contributed by atoms with Crippen molar-refractivity contribution in [1.29, 1.82) is 0 Å². The van der Waals surface area contributed by atoms with E-state index in [1.54, 1.807) is 0 Å². The van der Waals surface area contributed by atoms with E-state index in [9.17, 15) is 0 Å². The van der Waals surface area contributed by atoms with Gasteiger partial charge in [-0.3, -0.25) is 0 Å². The van der Waals surface area contributed by atoms with Crippen molar-refractivity contribution < 1.29 is 0 Å². The van der Waals surface area contributed by atoms with Crippen LogP contribution in [0.1, 0.15) is 43.1 Å². The first-order valence-electron chi connectivity index (χ1n) is 18.1. The van der Waals surface area contributed by atoms with E-state index in [1.165, 1.54) is 60.9 Å². The van der Waals surface area contributed by atoms with Gasteiger partial charge in [0, 0.05) is 50.9 Å².